The van der Waals surface area contributed by atoms with Crippen molar-refractivity contribution in [1.29, 1.82) is 0 Å². The van der Waals surface area contributed by atoms with E-state index in [2.05, 4.69) is 15.2 Å². The van der Waals surface area contributed by atoms with Crippen LogP contribution in [0.15, 0.2) is 30.5 Å². The van der Waals surface area contributed by atoms with E-state index in [1.165, 1.54) is 12.8 Å². The maximum atomic E-state index is 9.71. The van der Waals surface area contributed by atoms with Gasteiger partial charge in [-0.1, -0.05) is 6.07 Å². The van der Waals surface area contributed by atoms with Crippen LogP contribution in [0.25, 0.3) is 10.8 Å². The van der Waals surface area contributed by atoms with Crippen molar-refractivity contribution in [3.63, 3.8) is 0 Å². The summed E-state index contributed by atoms with van der Waals surface area (Å²) in [4.78, 5) is 6.88. The molecule has 2 N–H and O–H groups in total. The molecule has 3 rings (SSSR count). The second kappa shape index (κ2) is 5.67. The van der Waals surface area contributed by atoms with E-state index in [-0.39, 0.29) is 0 Å². The molecule has 0 bridgehead atoms. The number of phenolic OH excluding ortho intramolecular Hbond substituents is 1. The van der Waals surface area contributed by atoms with Crippen molar-refractivity contribution in [2.45, 2.75) is 12.8 Å². The van der Waals surface area contributed by atoms with Gasteiger partial charge >= 0.3 is 0 Å². The van der Waals surface area contributed by atoms with E-state index in [4.69, 9.17) is 0 Å². The van der Waals surface area contributed by atoms with Gasteiger partial charge in [0.2, 0.25) is 0 Å². The summed E-state index contributed by atoms with van der Waals surface area (Å²) >= 11 is 0. The van der Waals surface area contributed by atoms with Gasteiger partial charge in [0.1, 0.15) is 11.6 Å². The highest BCUT2D eigenvalue weighted by atomic mass is 16.3. The van der Waals surface area contributed by atoms with Crippen molar-refractivity contribution < 1.29 is 5.11 Å². The minimum absolute atomic E-state index is 0.303. The number of aromatic hydroxyl groups is 1. The SMILES string of the molecule is CNCC1CCN(c2nccc3ccc(O)cc23)CC1. The molecular formula is C16H21N3O. The summed E-state index contributed by atoms with van der Waals surface area (Å²) in [7, 11) is 2.02. The Balaban J connectivity index is 1.86. The van der Waals surface area contributed by atoms with Gasteiger partial charge < -0.3 is 15.3 Å². The van der Waals surface area contributed by atoms with Gasteiger partial charge in [-0.25, -0.2) is 4.98 Å². The summed E-state index contributed by atoms with van der Waals surface area (Å²) in [6.45, 7) is 3.17. The first kappa shape index (κ1) is 13.2. The van der Waals surface area contributed by atoms with Gasteiger partial charge in [-0.2, -0.15) is 0 Å². The number of pyridine rings is 1. The fourth-order valence-electron chi connectivity index (χ4n) is 3.03. The van der Waals surface area contributed by atoms with E-state index < -0.39 is 0 Å². The molecule has 1 aromatic carbocycles. The lowest BCUT2D eigenvalue weighted by molar-refractivity contribution is 0.393. The maximum absolute atomic E-state index is 9.71. The van der Waals surface area contributed by atoms with E-state index in [0.717, 1.165) is 42.1 Å². The largest absolute Gasteiger partial charge is 0.508 e. The number of anilines is 1. The summed E-state index contributed by atoms with van der Waals surface area (Å²) in [6.07, 6.45) is 4.24. The number of rotatable bonds is 3. The molecule has 2 heterocycles. The van der Waals surface area contributed by atoms with Gasteiger partial charge in [0.25, 0.3) is 0 Å². The van der Waals surface area contributed by atoms with E-state index in [9.17, 15) is 5.11 Å². The third kappa shape index (κ3) is 2.56. The predicted octanol–water partition coefficient (Wildman–Crippen LogP) is 2.38. The number of nitrogens with one attached hydrogen (secondary N) is 1. The highest BCUT2D eigenvalue weighted by Crippen LogP contribution is 2.30. The average molecular weight is 271 g/mol. The Labute approximate surface area is 119 Å². The topological polar surface area (TPSA) is 48.4 Å². The highest BCUT2D eigenvalue weighted by molar-refractivity contribution is 5.93. The molecular weight excluding hydrogens is 250 g/mol. The van der Waals surface area contributed by atoms with Crippen molar-refractivity contribution in [1.82, 2.24) is 10.3 Å². The van der Waals surface area contributed by atoms with Gasteiger partial charge in [0.15, 0.2) is 0 Å². The Hall–Kier alpha value is -1.81. The second-order valence-corrected chi connectivity index (χ2v) is 5.53. The minimum atomic E-state index is 0.303. The Morgan fingerprint density at radius 3 is 2.85 bits per heavy atom. The van der Waals surface area contributed by atoms with Gasteiger partial charge in [0, 0.05) is 24.7 Å². The first-order chi connectivity index (χ1) is 9.78. The number of hydrogen-bond acceptors (Lipinski definition) is 4. The fourth-order valence-corrected chi connectivity index (χ4v) is 3.03. The zero-order chi connectivity index (χ0) is 13.9. The Kier molecular flexibility index (Phi) is 3.74. The molecule has 4 nitrogen and oxygen atoms in total. The number of nitrogens with zero attached hydrogens (tertiary/aromatic N) is 2. The molecule has 4 heteroatoms. The fraction of sp³-hybridized carbons (Fsp3) is 0.438. The zero-order valence-electron chi connectivity index (χ0n) is 11.8. The standard InChI is InChI=1S/C16H21N3O/c1-17-11-12-5-8-19(9-6-12)16-15-10-14(20)3-2-13(15)4-7-18-16/h2-4,7,10,12,17,20H,5-6,8-9,11H2,1H3. The molecule has 0 atom stereocenters. The molecule has 0 spiro atoms. The Bertz CT molecular complexity index is 591. The van der Waals surface area contributed by atoms with Gasteiger partial charge in [0.05, 0.1) is 0 Å². The smallest absolute Gasteiger partial charge is 0.136 e. The maximum Gasteiger partial charge on any atom is 0.136 e. The van der Waals surface area contributed by atoms with Crippen LogP contribution in [-0.4, -0.2) is 36.8 Å². The number of benzene rings is 1. The quantitative estimate of drug-likeness (QED) is 0.900. The van der Waals surface area contributed by atoms with Gasteiger partial charge in [-0.05, 0) is 55.9 Å². The molecule has 1 aliphatic heterocycles. The van der Waals surface area contributed by atoms with Crippen LogP contribution in [0, 0.1) is 5.92 Å². The summed E-state index contributed by atoms with van der Waals surface area (Å²) in [5, 5.41) is 15.1. The summed E-state index contributed by atoms with van der Waals surface area (Å²) in [5.74, 6) is 2.07. The average Bonchev–Trinajstić information content (AvgIpc) is 2.48. The molecule has 0 unspecified atom stereocenters. The third-order valence-electron chi connectivity index (χ3n) is 4.14. The molecule has 20 heavy (non-hydrogen) atoms. The molecule has 1 aromatic heterocycles. The van der Waals surface area contributed by atoms with Crippen molar-refractivity contribution in [2.24, 2.45) is 5.92 Å². The van der Waals surface area contributed by atoms with E-state index in [1.54, 1.807) is 6.07 Å². The first-order valence-corrected chi connectivity index (χ1v) is 7.25. The van der Waals surface area contributed by atoms with Crippen LogP contribution in [0.1, 0.15) is 12.8 Å². The van der Waals surface area contributed by atoms with Crippen molar-refractivity contribution in [2.75, 3.05) is 31.6 Å². The Morgan fingerprint density at radius 2 is 2.10 bits per heavy atom. The molecule has 1 aliphatic rings. The molecule has 2 aromatic rings. The molecule has 0 amide bonds. The number of fused-ring (bicyclic) bond motifs is 1. The third-order valence-corrected chi connectivity index (χ3v) is 4.14. The minimum Gasteiger partial charge on any atom is -0.508 e. The lowest BCUT2D eigenvalue weighted by Crippen LogP contribution is -2.37. The second-order valence-electron chi connectivity index (χ2n) is 5.53. The van der Waals surface area contributed by atoms with Gasteiger partial charge in [-0.3, -0.25) is 0 Å². The molecule has 1 saturated heterocycles. The van der Waals surface area contributed by atoms with Crippen LogP contribution >= 0.6 is 0 Å². The van der Waals surface area contributed by atoms with Crippen molar-refractivity contribution >= 4 is 16.6 Å². The van der Waals surface area contributed by atoms with E-state index in [0.29, 0.717) is 5.75 Å². The normalized spacial score (nSPS) is 16.8. The summed E-state index contributed by atoms with van der Waals surface area (Å²) in [6, 6.07) is 7.48. The molecule has 1 fully saturated rings. The van der Waals surface area contributed by atoms with E-state index >= 15 is 0 Å². The van der Waals surface area contributed by atoms with E-state index in [1.807, 2.05) is 31.4 Å². The zero-order valence-corrected chi connectivity index (χ0v) is 11.8. The van der Waals surface area contributed by atoms with Crippen molar-refractivity contribution in [3.8, 4) is 5.75 Å². The number of piperidine rings is 1. The Morgan fingerprint density at radius 1 is 1.30 bits per heavy atom. The van der Waals surface area contributed by atoms with Gasteiger partial charge in [-0.15, -0.1) is 0 Å². The van der Waals surface area contributed by atoms with Crippen LogP contribution in [0.2, 0.25) is 0 Å². The van der Waals surface area contributed by atoms with Crippen LogP contribution in [0.4, 0.5) is 5.82 Å². The molecule has 0 aliphatic carbocycles. The number of phenols is 1. The predicted molar refractivity (Wildman–Crippen MR) is 82.3 cm³/mol. The highest BCUT2D eigenvalue weighted by Gasteiger charge is 2.20. The first-order valence-electron chi connectivity index (χ1n) is 7.25. The number of aromatic nitrogens is 1. The monoisotopic (exact) mass is 271 g/mol. The van der Waals surface area contributed by atoms with Crippen molar-refractivity contribution in [3.05, 3.63) is 30.5 Å². The van der Waals surface area contributed by atoms with Crippen LogP contribution in [0.3, 0.4) is 0 Å². The molecule has 0 radical (unpaired) electrons. The van der Waals surface area contributed by atoms with Crippen LogP contribution < -0.4 is 10.2 Å². The number of hydrogen-bond donors (Lipinski definition) is 2. The van der Waals surface area contributed by atoms with Crippen LogP contribution in [-0.2, 0) is 0 Å². The lowest BCUT2D eigenvalue weighted by Gasteiger charge is -2.33. The lowest BCUT2D eigenvalue weighted by atomic mass is 9.96. The summed E-state index contributed by atoms with van der Waals surface area (Å²) in [5.41, 5.74) is 0. The van der Waals surface area contributed by atoms with Crippen LogP contribution in [0.5, 0.6) is 5.75 Å². The molecule has 106 valence electrons. The summed E-state index contributed by atoms with van der Waals surface area (Å²) < 4.78 is 0. The molecule has 0 saturated carbocycles.